The number of ether oxygens (including phenoxy) is 2. The quantitative estimate of drug-likeness (QED) is 0.0871. The van der Waals surface area contributed by atoms with Gasteiger partial charge in [0, 0.05) is 10.7 Å². The monoisotopic (exact) mass is 795 g/mol. The fraction of sp³-hybridized carbons (Fsp3) is 0.0667. The van der Waals surface area contributed by atoms with Crippen LogP contribution in [0.15, 0.2) is 30.3 Å². The zero-order chi connectivity index (χ0) is 23.7. The van der Waals surface area contributed by atoms with E-state index in [4.69, 9.17) is 9.29 Å². The summed E-state index contributed by atoms with van der Waals surface area (Å²) >= 11 is 5.76. The number of hydrogen-bond acceptors (Lipinski definition) is 8. The van der Waals surface area contributed by atoms with Crippen molar-refractivity contribution in [3.05, 3.63) is 56.7 Å². The Morgan fingerprint density at radius 3 is 2.16 bits per heavy atom. The molecule has 0 saturated heterocycles. The maximum Gasteiger partial charge on any atom is 0.466 e. The number of rotatable bonds is 6. The molecule has 0 aliphatic heterocycles. The molecule has 0 unspecified atom stereocenters. The summed E-state index contributed by atoms with van der Waals surface area (Å²) in [5, 5.41) is 6.04. The minimum Gasteiger partial charge on any atom is -0.415 e. The van der Waals surface area contributed by atoms with E-state index in [1.165, 1.54) is 6.07 Å². The summed E-state index contributed by atoms with van der Waals surface area (Å²) in [5.41, 5.74) is -1.13. The van der Waals surface area contributed by atoms with Gasteiger partial charge in [-0.3, -0.25) is 14.7 Å². The summed E-state index contributed by atoms with van der Waals surface area (Å²) in [7, 11) is -6.20. The van der Waals surface area contributed by atoms with Gasteiger partial charge >= 0.3 is 33.0 Å². The first kappa shape index (κ1) is 26.0. The average molecular weight is 795 g/mol. The number of carbonyl (C=O) groups excluding carboxylic acids is 2. The molecule has 0 aliphatic rings. The average Bonchev–Trinajstić information content (AvgIpc) is 2.63. The van der Waals surface area contributed by atoms with Gasteiger partial charge < -0.3 is 9.47 Å². The van der Waals surface area contributed by atoms with Gasteiger partial charge in [0.1, 0.15) is 0 Å². The molecule has 0 bridgehead atoms. The largest absolute Gasteiger partial charge is 0.466 e. The van der Waals surface area contributed by atoms with E-state index in [0.717, 1.165) is 12.1 Å². The molecular weight excluding hydrogens is 789 g/mol. The molecule has 0 aliphatic carbocycles. The Kier molecular flexibility index (Phi) is 8.14. The van der Waals surface area contributed by atoms with Crippen molar-refractivity contribution in [1.82, 2.24) is 0 Å². The summed E-state index contributed by atoms with van der Waals surface area (Å²) in [6, 6.07) is 5.84. The number of para-hydroxylation sites is 1. The van der Waals surface area contributed by atoms with Crippen LogP contribution in [0.4, 0.5) is 14.5 Å². The molecule has 0 atom stereocenters. The highest BCUT2D eigenvalue weighted by molar-refractivity contribution is 14.1. The molecule has 1 N–H and O–H groups in total. The van der Waals surface area contributed by atoms with Crippen LogP contribution in [0.25, 0.3) is 0 Å². The second kappa shape index (κ2) is 9.70. The SMILES string of the molecule is O=C(Oc1cccc(OC(=O)C(F)(F)S(=O)(=O)O)c1[N+](=O)[O-])c1cc(I)cc(I)c1I. The Balaban J connectivity index is 2.47. The fourth-order valence-electron chi connectivity index (χ4n) is 1.97. The first-order chi connectivity index (χ1) is 14.2. The van der Waals surface area contributed by atoms with Gasteiger partial charge in [0.15, 0.2) is 0 Å². The zero-order valence-electron chi connectivity index (χ0n) is 14.3. The maximum absolute atomic E-state index is 13.4. The van der Waals surface area contributed by atoms with Crippen molar-refractivity contribution < 1.29 is 45.7 Å². The van der Waals surface area contributed by atoms with E-state index in [9.17, 15) is 36.9 Å². The van der Waals surface area contributed by atoms with Crippen LogP contribution in [0.2, 0.25) is 0 Å². The number of nitrogens with zero attached hydrogens (tertiary/aromatic N) is 1. The van der Waals surface area contributed by atoms with Crippen LogP contribution in [0.3, 0.4) is 0 Å². The Labute approximate surface area is 213 Å². The Morgan fingerprint density at radius 1 is 1.10 bits per heavy atom. The van der Waals surface area contributed by atoms with Crippen molar-refractivity contribution in [3.63, 3.8) is 0 Å². The molecule has 0 spiro atoms. The van der Waals surface area contributed by atoms with E-state index in [2.05, 4.69) is 4.74 Å². The van der Waals surface area contributed by atoms with Crippen molar-refractivity contribution in [2.24, 2.45) is 0 Å². The number of esters is 2. The van der Waals surface area contributed by atoms with E-state index in [1.54, 1.807) is 6.07 Å². The van der Waals surface area contributed by atoms with Gasteiger partial charge in [0.25, 0.3) is 0 Å². The van der Waals surface area contributed by atoms with Crippen LogP contribution in [0, 0.1) is 20.8 Å². The molecule has 0 radical (unpaired) electrons. The topological polar surface area (TPSA) is 150 Å². The number of alkyl halides is 2. The second-order valence-corrected chi connectivity index (χ2v) is 10.3. The number of nitro benzene ring substituents is 1. The smallest absolute Gasteiger partial charge is 0.415 e. The van der Waals surface area contributed by atoms with E-state index >= 15 is 0 Å². The van der Waals surface area contributed by atoms with Crippen molar-refractivity contribution in [1.29, 1.82) is 0 Å². The highest BCUT2D eigenvalue weighted by Crippen LogP contribution is 2.38. The van der Waals surface area contributed by atoms with Gasteiger partial charge in [-0.15, -0.1) is 0 Å². The summed E-state index contributed by atoms with van der Waals surface area (Å²) in [6.45, 7) is 0. The van der Waals surface area contributed by atoms with Crippen molar-refractivity contribution in [2.45, 2.75) is 5.25 Å². The Morgan fingerprint density at radius 2 is 1.65 bits per heavy atom. The first-order valence-corrected chi connectivity index (χ1v) is 12.1. The number of halogens is 5. The molecule has 0 aromatic heterocycles. The van der Waals surface area contributed by atoms with Gasteiger partial charge in [0.2, 0.25) is 11.5 Å². The lowest BCUT2D eigenvalue weighted by molar-refractivity contribution is -0.386. The molecule has 0 heterocycles. The molecule has 2 aromatic rings. The minimum absolute atomic E-state index is 0.0616. The van der Waals surface area contributed by atoms with Gasteiger partial charge in [0.05, 0.1) is 10.5 Å². The van der Waals surface area contributed by atoms with Gasteiger partial charge in [-0.05, 0) is 92.0 Å². The zero-order valence-corrected chi connectivity index (χ0v) is 21.6. The van der Waals surface area contributed by atoms with E-state index in [-0.39, 0.29) is 5.56 Å². The predicted molar refractivity (Wildman–Crippen MR) is 125 cm³/mol. The summed E-state index contributed by atoms with van der Waals surface area (Å²) in [6.07, 6.45) is 0. The Bertz CT molecular complexity index is 1200. The maximum atomic E-state index is 13.4. The molecule has 0 saturated carbocycles. The van der Waals surface area contributed by atoms with Crippen LogP contribution in [0.1, 0.15) is 10.4 Å². The lowest BCUT2D eigenvalue weighted by atomic mass is 10.2. The summed E-state index contributed by atoms with van der Waals surface area (Å²) < 4.78 is 67.6. The van der Waals surface area contributed by atoms with Crippen LogP contribution in [0.5, 0.6) is 11.5 Å². The first-order valence-electron chi connectivity index (χ1n) is 7.38. The van der Waals surface area contributed by atoms with Crippen LogP contribution in [-0.2, 0) is 14.9 Å². The van der Waals surface area contributed by atoms with E-state index in [0.29, 0.717) is 16.8 Å². The highest BCUT2D eigenvalue weighted by Gasteiger charge is 2.55. The summed E-state index contributed by atoms with van der Waals surface area (Å²) in [5.74, 6) is -5.69. The number of benzene rings is 2. The molecule has 16 heteroatoms. The number of carbonyl (C=O) groups is 2. The molecule has 2 aromatic carbocycles. The molecular formula is C15H6F2I3NO9S. The predicted octanol–water partition coefficient (Wildman–Crippen LogP) is 4.01. The summed E-state index contributed by atoms with van der Waals surface area (Å²) in [4.78, 5) is 34.3. The standard InChI is InChI=1S/C15H6F2I3NO9S/c16-15(17,31(26,27)28)14(23)30-10-3-1-2-9(12(10)21(24)25)29-13(22)7-4-6(18)5-8(19)11(7)20/h1-5H,(H,26,27,28). The third-order valence-electron chi connectivity index (χ3n) is 3.32. The lowest BCUT2D eigenvalue weighted by Crippen LogP contribution is -2.40. The Hall–Kier alpha value is -1.26. The molecule has 31 heavy (non-hydrogen) atoms. The molecule has 0 fully saturated rings. The lowest BCUT2D eigenvalue weighted by Gasteiger charge is -2.13. The van der Waals surface area contributed by atoms with Crippen LogP contribution < -0.4 is 9.47 Å². The van der Waals surface area contributed by atoms with Gasteiger partial charge in [-0.25, -0.2) is 9.59 Å². The number of hydrogen-bond donors (Lipinski definition) is 1. The highest BCUT2D eigenvalue weighted by atomic mass is 127. The van der Waals surface area contributed by atoms with Gasteiger partial charge in [-0.2, -0.15) is 17.2 Å². The second-order valence-electron chi connectivity index (χ2n) is 5.38. The normalized spacial score (nSPS) is 11.7. The number of nitro groups is 1. The van der Waals surface area contributed by atoms with Crippen molar-refractivity contribution in [2.75, 3.05) is 0 Å². The molecule has 0 amide bonds. The van der Waals surface area contributed by atoms with E-state index < -0.39 is 49.4 Å². The molecule has 166 valence electrons. The van der Waals surface area contributed by atoms with E-state index in [1.807, 2.05) is 67.8 Å². The third-order valence-corrected chi connectivity index (χ3v) is 7.81. The molecule has 2 rings (SSSR count). The van der Waals surface area contributed by atoms with Crippen LogP contribution >= 0.6 is 67.8 Å². The third kappa shape index (κ3) is 5.76. The van der Waals surface area contributed by atoms with Crippen molar-refractivity contribution >= 4 is 95.5 Å². The minimum atomic E-state index is -6.20. The van der Waals surface area contributed by atoms with Gasteiger partial charge in [-0.1, -0.05) is 6.07 Å². The van der Waals surface area contributed by atoms with Crippen molar-refractivity contribution in [3.8, 4) is 11.5 Å². The van der Waals surface area contributed by atoms with Crippen LogP contribution in [-0.4, -0.2) is 35.1 Å². The molecule has 10 nitrogen and oxygen atoms in total. The fourth-order valence-corrected chi connectivity index (χ4v) is 4.60.